The van der Waals surface area contributed by atoms with Gasteiger partial charge in [0.25, 0.3) is 0 Å². The molecule has 1 aliphatic heterocycles. The number of aliphatic hydroxyl groups is 1. The van der Waals surface area contributed by atoms with Crippen LogP contribution >= 0.6 is 0 Å². The zero-order valence-corrected chi connectivity index (χ0v) is 11.7. The van der Waals surface area contributed by atoms with Crippen molar-refractivity contribution < 1.29 is 14.6 Å². The number of aryl methyl sites for hydroxylation is 3. The Kier molecular flexibility index (Phi) is 3.92. The Morgan fingerprint density at radius 2 is 1.89 bits per heavy atom. The van der Waals surface area contributed by atoms with Crippen LogP contribution in [0.4, 0.5) is 0 Å². The van der Waals surface area contributed by atoms with E-state index in [1.807, 2.05) is 6.92 Å². The molecule has 1 heterocycles. The molecule has 0 spiro atoms. The summed E-state index contributed by atoms with van der Waals surface area (Å²) in [5, 5.41) is 12.2. The number of aliphatic hydroxyl groups excluding tert-OH is 1. The van der Waals surface area contributed by atoms with Gasteiger partial charge < -0.3 is 15.2 Å². The van der Waals surface area contributed by atoms with Crippen molar-refractivity contribution in [3.63, 3.8) is 0 Å². The molecule has 0 radical (unpaired) electrons. The van der Waals surface area contributed by atoms with Crippen LogP contribution < -0.4 is 5.32 Å². The van der Waals surface area contributed by atoms with Crippen molar-refractivity contribution in [3.05, 3.63) is 34.4 Å². The molecule has 1 saturated heterocycles. The molecular weight excluding hydrogens is 242 g/mol. The molecule has 1 aromatic rings. The minimum atomic E-state index is -0.729. The third-order valence-corrected chi connectivity index (χ3v) is 3.93. The van der Waals surface area contributed by atoms with Crippen LogP contribution in [0.15, 0.2) is 12.1 Å². The van der Waals surface area contributed by atoms with Crippen molar-refractivity contribution in [3.8, 4) is 0 Å². The molecule has 0 aromatic heterocycles. The van der Waals surface area contributed by atoms with Crippen molar-refractivity contribution >= 4 is 5.91 Å². The van der Waals surface area contributed by atoms with Crippen LogP contribution in [0.5, 0.6) is 0 Å². The highest BCUT2D eigenvalue weighted by Gasteiger charge is 2.45. The summed E-state index contributed by atoms with van der Waals surface area (Å²) in [6, 6.07) is 4.24. The molecule has 4 nitrogen and oxygen atoms in total. The summed E-state index contributed by atoms with van der Waals surface area (Å²) >= 11 is 0. The lowest BCUT2D eigenvalue weighted by atomic mass is 9.86. The number of hydrogen-bond donors (Lipinski definition) is 2. The first-order valence-electron chi connectivity index (χ1n) is 6.52. The third-order valence-electron chi connectivity index (χ3n) is 3.93. The number of amides is 1. The first-order valence-corrected chi connectivity index (χ1v) is 6.52. The first-order chi connectivity index (χ1) is 8.98. The number of benzene rings is 1. The number of carbonyl (C=O) groups excluding carboxylic acids is 1. The maximum atomic E-state index is 12.1. The lowest BCUT2D eigenvalue weighted by molar-refractivity contribution is -0.170. The Labute approximate surface area is 113 Å². The fourth-order valence-corrected chi connectivity index (χ4v) is 2.22. The van der Waals surface area contributed by atoms with Gasteiger partial charge in [-0.2, -0.15) is 0 Å². The van der Waals surface area contributed by atoms with Gasteiger partial charge in [0.2, 0.25) is 5.91 Å². The number of nitrogens with one attached hydrogen (secondary N) is 1. The van der Waals surface area contributed by atoms with E-state index in [0.717, 1.165) is 5.56 Å². The van der Waals surface area contributed by atoms with E-state index in [1.54, 1.807) is 0 Å². The largest absolute Gasteiger partial charge is 0.395 e. The van der Waals surface area contributed by atoms with Gasteiger partial charge in [-0.3, -0.25) is 4.79 Å². The Morgan fingerprint density at radius 3 is 2.42 bits per heavy atom. The average molecular weight is 263 g/mol. The molecule has 0 aliphatic carbocycles. The summed E-state index contributed by atoms with van der Waals surface area (Å²) in [6.07, 6.45) is 0. The van der Waals surface area contributed by atoms with Gasteiger partial charge in [-0.25, -0.2) is 0 Å². The fourth-order valence-electron chi connectivity index (χ4n) is 2.22. The summed E-state index contributed by atoms with van der Waals surface area (Å²) in [5.74, 6) is -0.126. The van der Waals surface area contributed by atoms with E-state index in [0.29, 0.717) is 19.8 Å². The highest BCUT2D eigenvalue weighted by Crippen LogP contribution is 2.27. The zero-order valence-electron chi connectivity index (χ0n) is 11.7. The molecule has 2 N–H and O–H groups in total. The lowest BCUT2D eigenvalue weighted by Crippen LogP contribution is -2.56. The number of hydrogen-bond acceptors (Lipinski definition) is 3. The molecule has 1 aliphatic rings. The summed E-state index contributed by atoms with van der Waals surface area (Å²) in [7, 11) is 0. The number of ether oxygens (including phenoxy) is 1. The van der Waals surface area contributed by atoms with Gasteiger partial charge >= 0.3 is 0 Å². The Bertz CT molecular complexity index is 487. The third kappa shape index (κ3) is 2.65. The minimum absolute atomic E-state index is 0.126. The van der Waals surface area contributed by atoms with Crippen LogP contribution in [0.2, 0.25) is 0 Å². The molecule has 4 heteroatoms. The molecular formula is C15H21NO3. The quantitative estimate of drug-likeness (QED) is 0.859. The highest BCUT2D eigenvalue weighted by atomic mass is 16.5. The SMILES string of the molecule is Cc1cc(C)c(CNC(=O)C2(CO)COC2)cc1C. The molecule has 19 heavy (non-hydrogen) atoms. The standard InChI is InChI=1S/C15H21NO3/c1-10-4-12(3)13(5-11(10)2)6-16-14(18)15(7-17)8-19-9-15/h4-5,17H,6-9H2,1-3H3,(H,16,18). The average Bonchev–Trinajstić information content (AvgIpc) is 2.31. The second-order valence-electron chi connectivity index (χ2n) is 5.48. The van der Waals surface area contributed by atoms with E-state index in [4.69, 9.17) is 4.74 Å². The molecule has 104 valence electrons. The van der Waals surface area contributed by atoms with Crippen molar-refractivity contribution in [2.24, 2.45) is 5.41 Å². The van der Waals surface area contributed by atoms with E-state index in [1.165, 1.54) is 16.7 Å². The Morgan fingerprint density at radius 1 is 1.26 bits per heavy atom. The molecule has 0 atom stereocenters. The van der Waals surface area contributed by atoms with Crippen molar-refractivity contribution in [1.82, 2.24) is 5.32 Å². The molecule has 2 rings (SSSR count). The van der Waals surface area contributed by atoms with Gasteiger partial charge in [-0.1, -0.05) is 12.1 Å². The monoisotopic (exact) mass is 263 g/mol. The van der Waals surface area contributed by atoms with Crippen LogP contribution in [0.1, 0.15) is 22.3 Å². The van der Waals surface area contributed by atoms with Crippen LogP contribution in [-0.2, 0) is 16.1 Å². The van der Waals surface area contributed by atoms with E-state index in [-0.39, 0.29) is 12.5 Å². The second kappa shape index (κ2) is 5.31. The smallest absolute Gasteiger partial charge is 0.233 e. The summed E-state index contributed by atoms with van der Waals surface area (Å²) < 4.78 is 5.04. The van der Waals surface area contributed by atoms with Crippen LogP contribution in [-0.4, -0.2) is 30.8 Å². The van der Waals surface area contributed by atoms with E-state index < -0.39 is 5.41 Å². The minimum Gasteiger partial charge on any atom is -0.395 e. The lowest BCUT2D eigenvalue weighted by Gasteiger charge is -2.38. The highest BCUT2D eigenvalue weighted by molar-refractivity contribution is 5.83. The second-order valence-corrected chi connectivity index (χ2v) is 5.48. The summed E-state index contributed by atoms with van der Waals surface area (Å²) in [6.45, 7) is 7.13. The van der Waals surface area contributed by atoms with Crippen LogP contribution in [0, 0.1) is 26.2 Å². The predicted molar refractivity (Wildman–Crippen MR) is 72.8 cm³/mol. The van der Waals surface area contributed by atoms with E-state index in [9.17, 15) is 9.90 Å². The van der Waals surface area contributed by atoms with Crippen LogP contribution in [0.3, 0.4) is 0 Å². The normalized spacial score (nSPS) is 16.8. The van der Waals surface area contributed by atoms with E-state index in [2.05, 4.69) is 31.3 Å². The van der Waals surface area contributed by atoms with Crippen molar-refractivity contribution in [2.75, 3.05) is 19.8 Å². The van der Waals surface area contributed by atoms with Crippen molar-refractivity contribution in [1.29, 1.82) is 0 Å². The van der Waals surface area contributed by atoms with Crippen molar-refractivity contribution in [2.45, 2.75) is 27.3 Å². The maximum Gasteiger partial charge on any atom is 0.233 e. The van der Waals surface area contributed by atoms with Gasteiger partial charge in [0.05, 0.1) is 19.8 Å². The van der Waals surface area contributed by atoms with Gasteiger partial charge in [-0.05, 0) is 43.0 Å². The molecule has 0 bridgehead atoms. The Balaban J connectivity index is 2.03. The molecule has 1 aromatic carbocycles. The molecule has 0 saturated carbocycles. The fraction of sp³-hybridized carbons (Fsp3) is 0.533. The van der Waals surface area contributed by atoms with Gasteiger partial charge in [0.1, 0.15) is 5.41 Å². The number of carbonyl (C=O) groups is 1. The zero-order chi connectivity index (χ0) is 14.0. The van der Waals surface area contributed by atoms with Gasteiger partial charge in [0.15, 0.2) is 0 Å². The first kappa shape index (κ1) is 14.0. The summed E-state index contributed by atoms with van der Waals surface area (Å²) in [5.41, 5.74) is 4.04. The van der Waals surface area contributed by atoms with Gasteiger partial charge in [-0.15, -0.1) is 0 Å². The molecule has 1 fully saturated rings. The van der Waals surface area contributed by atoms with Crippen LogP contribution in [0.25, 0.3) is 0 Å². The maximum absolute atomic E-state index is 12.1. The molecule has 1 amide bonds. The molecule has 0 unspecified atom stereocenters. The topological polar surface area (TPSA) is 58.6 Å². The summed E-state index contributed by atoms with van der Waals surface area (Å²) in [4.78, 5) is 12.1. The van der Waals surface area contributed by atoms with Gasteiger partial charge in [0, 0.05) is 6.54 Å². The predicted octanol–water partition coefficient (Wildman–Crippen LogP) is 1.24. The Hall–Kier alpha value is -1.39. The van der Waals surface area contributed by atoms with E-state index >= 15 is 0 Å². The number of rotatable bonds is 4.